The molecule has 16 rings (SSSR count). The third-order valence-corrected chi connectivity index (χ3v) is 23.7. The summed E-state index contributed by atoms with van der Waals surface area (Å²) in [6.07, 6.45) is 15.8. The molecule has 4 spiro atoms. The minimum absolute atomic E-state index is 0.00559. The maximum absolute atomic E-state index is 13.8. The zero-order chi connectivity index (χ0) is 102. The van der Waals surface area contributed by atoms with Crippen molar-refractivity contribution in [3.05, 3.63) is 156 Å². The fraction of sp³-hybridized carbons (Fsp3) is 0.516. The Morgan fingerprint density at radius 2 is 0.770 bits per heavy atom. The molecule has 1 unspecified atom stereocenters. The number of nitrogens with zero attached hydrogens (tertiary/aromatic N) is 11. The average Bonchev–Trinajstić information content (AvgIpc) is 1.59. The van der Waals surface area contributed by atoms with Gasteiger partial charge in [0.15, 0.2) is 17.4 Å². The topological polar surface area (TPSA) is 587 Å². The summed E-state index contributed by atoms with van der Waals surface area (Å²) in [6, 6.07) is 9.93. The highest BCUT2D eigenvalue weighted by Crippen LogP contribution is 2.48. The van der Waals surface area contributed by atoms with Crippen molar-refractivity contribution in [2.75, 3.05) is 57.2 Å². The van der Waals surface area contributed by atoms with Gasteiger partial charge in [-0.3, -0.25) is 62.0 Å². The first-order valence-corrected chi connectivity index (χ1v) is 48.4. The first-order chi connectivity index (χ1) is 64.9. The monoisotopic (exact) mass is 2140 g/mol. The van der Waals surface area contributed by atoms with Crippen molar-refractivity contribution < 1.29 is 71.6 Å². The van der Waals surface area contributed by atoms with Crippen molar-refractivity contribution in [1.29, 1.82) is 0 Å². The van der Waals surface area contributed by atoms with Crippen molar-refractivity contribution in [2.45, 2.75) is 284 Å². The van der Waals surface area contributed by atoms with Crippen molar-refractivity contribution in [3.63, 3.8) is 0 Å². The molecule has 0 radical (unpaired) electrons. The molecule has 48 heteroatoms. The second kappa shape index (κ2) is 42.7. The second-order valence-corrected chi connectivity index (χ2v) is 45.7. The van der Waals surface area contributed by atoms with E-state index < -0.39 is 92.2 Å². The molecular weight excluding hydrogens is 2020 g/mol. The van der Waals surface area contributed by atoms with Crippen LogP contribution < -0.4 is 102 Å². The number of methoxy groups -OCH3 is 2. The van der Waals surface area contributed by atoms with Crippen LogP contribution in [0.3, 0.4) is 0 Å². The zero-order valence-corrected chi connectivity index (χ0v) is 86.3. The number of pyridine rings is 3. The highest BCUT2D eigenvalue weighted by Gasteiger charge is 2.56. The van der Waals surface area contributed by atoms with E-state index in [-0.39, 0.29) is 119 Å². The number of ketones is 1. The van der Waals surface area contributed by atoms with Crippen LogP contribution in [0.4, 0.5) is 77.0 Å². The number of nitrogen functional groups attached to an aromatic ring is 3. The van der Waals surface area contributed by atoms with Gasteiger partial charge in [-0.1, -0.05) is 50.1 Å². The van der Waals surface area contributed by atoms with Gasteiger partial charge in [-0.25, -0.2) is 28.8 Å². The Morgan fingerprint density at radius 3 is 1.13 bits per heavy atom. The molecule has 1 atom stereocenters. The molecular formula is C91H118BBr3ClN23O20. The molecule has 11 heterocycles. The van der Waals surface area contributed by atoms with Gasteiger partial charge in [0.1, 0.15) is 102 Å². The number of hydrogen-bond donors (Lipinski definition) is 12. The lowest BCUT2D eigenvalue weighted by molar-refractivity contribution is -0.120. The largest absolute Gasteiger partial charge is 0.467 e. The van der Waals surface area contributed by atoms with Crippen LogP contribution in [0.15, 0.2) is 89.4 Å². The fourth-order valence-corrected chi connectivity index (χ4v) is 18.4. The number of allylic oxidation sites excluding steroid dienone is 3. The van der Waals surface area contributed by atoms with Crippen LogP contribution in [0.25, 0.3) is 0 Å². The van der Waals surface area contributed by atoms with Gasteiger partial charge in [0.05, 0.1) is 37.1 Å². The Hall–Kier alpha value is -12.5. The lowest BCUT2D eigenvalue weighted by Crippen LogP contribution is -2.50. The number of ether oxygens (including phenoxy) is 6. The van der Waals surface area contributed by atoms with Crippen LogP contribution in [-0.2, 0) is 45.5 Å². The zero-order valence-electron chi connectivity index (χ0n) is 80.7. The van der Waals surface area contributed by atoms with E-state index in [0.717, 1.165) is 127 Å². The Bertz CT molecular complexity index is 6300. The molecule has 43 nitrogen and oxygen atoms in total. The predicted octanol–water partition coefficient (Wildman–Crippen LogP) is 13.7. The summed E-state index contributed by atoms with van der Waals surface area (Å²) >= 11 is 15.2. The first-order valence-electron chi connectivity index (χ1n) is 45.3. The van der Waals surface area contributed by atoms with Crippen LogP contribution in [0, 0.1) is 26.7 Å². The van der Waals surface area contributed by atoms with Crippen LogP contribution >= 0.6 is 58.9 Å². The number of aryl methyl sites for hydroxylation is 3. The fourth-order valence-electron chi connectivity index (χ4n) is 18.2. The highest BCUT2D eigenvalue weighted by molar-refractivity contribution is 9.69. The number of carbonyl (C=O) groups excluding carboxylic acids is 9. The van der Waals surface area contributed by atoms with E-state index in [1.165, 1.54) is 38.5 Å². The number of halogens is 4. The van der Waals surface area contributed by atoms with Crippen LogP contribution in [0.2, 0.25) is 5.15 Å². The molecule has 1 saturated heterocycles. The quantitative estimate of drug-likeness (QED) is 0.0344. The lowest BCUT2D eigenvalue weighted by atomic mass is 9.68. The molecule has 748 valence electrons. The first kappa shape index (κ1) is 107. The number of H-pyrrole nitrogens is 2. The summed E-state index contributed by atoms with van der Waals surface area (Å²) in [5.74, 6) is -0.979. The number of imide groups is 2. The van der Waals surface area contributed by atoms with E-state index in [4.69, 9.17) is 57.2 Å². The molecule has 4 aliphatic heterocycles. The number of fused-ring (bicyclic) bond motifs is 8. The maximum atomic E-state index is 13.8. The number of carbonyl (C=O) groups is 9. The molecule has 0 bridgehead atoms. The molecule has 5 fully saturated rings. The van der Waals surface area contributed by atoms with Gasteiger partial charge in [0.2, 0.25) is 5.91 Å². The third-order valence-electron chi connectivity index (χ3n) is 23.5. The molecule has 0 aromatic carbocycles. The summed E-state index contributed by atoms with van der Waals surface area (Å²) in [5.41, 5.74) is 14.5. The molecule has 139 heavy (non-hydrogen) atoms. The number of hydrogen-bond acceptors (Lipinski definition) is 32. The van der Waals surface area contributed by atoms with Gasteiger partial charge in [-0.15, -0.1) is 47.3 Å². The summed E-state index contributed by atoms with van der Waals surface area (Å²) in [5, 5.41) is 21.0. The lowest BCUT2D eigenvalue weighted by Gasteiger charge is -2.38. The minimum Gasteiger partial charge on any atom is -0.467 e. The van der Waals surface area contributed by atoms with E-state index in [9.17, 15) is 67.1 Å². The second-order valence-electron chi connectivity index (χ2n) is 38.9. The normalized spacial score (nSPS) is 17.5. The van der Waals surface area contributed by atoms with E-state index >= 15 is 0 Å². The third kappa shape index (κ3) is 25.2. The molecule has 5 aliphatic carbocycles. The highest BCUT2D eigenvalue weighted by atomic mass is 79.9. The summed E-state index contributed by atoms with van der Waals surface area (Å²) in [4.78, 5) is 207. The van der Waals surface area contributed by atoms with Gasteiger partial charge >= 0.3 is 51.0 Å². The predicted molar refractivity (Wildman–Crippen MR) is 533 cm³/mol. The Labute approximate surface area is 830 Å². The number of anilines is 10. The van der Waals surface area contributed by atoms with Crippen LogP contribution in [0.1, 0.15) is 267 Å². The van der Waals surface area contributed by atoms with Gasteiger partial charge in [-0.05, 0) is 247 Å². The maximum Gasteiger partial charge on any atom is 0.425 e. The van der Waals surface area contributed by atoms with Crippen molar-refractivity contribution in [2.24, 2.45) is 5.92 Å². The number of nitrogens with one attached hydrogen (secondary N) is 9. The van der Waals surface area contributed by atoms with Crippen LogP contribution in [0.5, 0.6) is 12.0 Å². The Morgan fingerprint density at radius 1 is 0.439 bits per heavy atom. The van der Waals surface area contributed by atoms with Crippen molar-refractivity contribution in [1.82, 2.24) is 74.8 Å². The molecule has 9 aliphatic rings. The van der Waals surface area contributed by atoms with Gasteiger partial charge in [-0.2, -0.15) is 39.7 Å². The van der Waals surface area contributed by atoms with Gasteiger partial charge < -0.3 is 82.8 Å². The standard InChI is InChI=1S/C28H38N6O7.C18H21N5O3.C17H20N6O3.C15H22ClN3O5.C13H17N3O2.BBr3/c1-16-14-17(22(36)34-20(16)21(35)32-28(34)12-10-9-11-13-28)29-18-15-19(31-23(30-18)39-8)33(24(37)40-26(2,3)4)25(38)41-27(5,6)7;1-9-7-10(20-12-8-11(19)21-17(26)22-12)15(24)14-13(9)16(25)23-18(14)5-3-2-4-6-18;1-9-7-10(19-12-8-11(18)20-16(26)21-12)15(25)23-13(9)14(24)22-17(23)5-3-2-4-6-17;1-14(2,3)23-12(20)19(13(21)24-15(4,5)6)10-8-9(16)17-11(18-10)22-7;1-8-7-9(14)12(18)16-10(8)11(17)15-13(16)5-3-2-4-6-13;2-1(3)4/h14-15H,9-13H2,1-8H3,(H,32,35)(H,29,30,31);7-8,14H,2-6H2,1H3,(H,23,25)(H4,19,20,21,22,26);7-8H,2-6H2,1H3,(H,22,24)(H4,18,19,20,21,26);8H,1-7H3;7H,2-6,14H2,1H3,(H,15,17);. The molecule has 4 saturated carbocycles. The van der Waals surface area contributed by atoms with Gasteiger partial charge in [0.25, 0.3) is 34.4 Å². The number of Topliss-reactive ketones (excluding diaryl/α,β-unsaturated/α-hetero) is 1. The molecule has 7 aromatic rings. The smallest absolute Gasteiger partial charge is 0.425 e. The number of aromatic amines is 2. The van der Waals surface area contributed by atoms with E-state index in [0.29, 0.717) is 62.1 Å². The molecule has 8 amide bonds. The number of aromatic nitrogens is 11. The van der Waals surface area contributed by atoms with Crippen molar-refractivity contribution in [3.8, 4) is 12.0 Å². The SMILES string of the molecule is BrB(Br)Br.CC1=C2C(=O)NC3(CCCCC3)C2C(=O)C(Nc2cc(N)[nH]c(=O)n2)=C1.COc1nc(Cl)cc(N(C(=O)OC(C)(C)C)C(=O)OC(C)(C)C)n1.COc1nc(Nc2cc(C)c3n(c2=O)C2(CCCCC2)NC3=O)cc(N(C(=O)OC(C)(C)C)C(=O)OC(C)(C)C)n1.Cc1cc(N)c(=O)n2c1C(=O)NC21CCCCC1.Cc1cc(Nc2cc(N)[nH]c(=O)n2)c(=O)n2c1C(=O)NC21CCCCC1. The average molecular weight is 2140 g/mol. The minimum atomic E-state index is -1.02. The summed E-state index contributed by atoms with van der Waals surface area (Å²) in [6.45, 7) is 27.2. The van der Waals surface area contributed by atoms with Gasteiger partial charge in [0, 0.05) is 29.8 Å². The van der Waals surface area contributed by atoms with Crippen molar-refractivity contribution >= 4 is 174 Å². The summed E-state index contributed by atoms with van der Waals surface area (Å²) in [7, 11) is 2.66. The van der Waals surface area contributed by atoms with E-state index in [2.05, 4.69) is 124 Å². The Balaban J connectivity index is 0.000000169. The van der Waals surface area contributed by atoms with Crippen LogP contribution in [-0.4, -0.2) is 153 Å². The van der Waals surface area contributed by atoms with E-state index in [1.807, 2.05) is 13.8 Å². The summed E-state index contributed by atoms with van der Waals surface area (Å²) < 4.78 is 36.6. The number of rotatable bonds is 10. The number of nitrogens with two attached hydrogens (primary N) is 3. The molecule has 7 aromatic heterocycles. The van der Waals surface area contributed by atoms with E-state index in [1.54, 1.807) is 135 Å². The molecule has 15 N–H and O–H groups in total. The Kier molecular flexibility index (Phi) is 32.8. The number of amides is 8.